The zero-order valence-corrected chi connectivity index (χ0v) is 12.2. The molecule has 0 bridgehead atoms. The minimum Gasteiger partial charge on any atom is -0.366 e. The van der Waals surface area contributed by atoms with Crippen molar-refractivity contribution in [1.82, 2.24) is 5.32 Å². The lowest BCUT2D eigenvalue weighted by Gasteiger charge is -2.15. The number of nitrogens with one attached hydrogen (secondary N) is 1. The summed E-state index contributed by atoms with van der Waals surface area (Å²) in [5.41, 5.74) is 8.93. The topological polar surface area (TPSA) is 55.1 Å². The minimum absolute atomic E-state index is 0.112. The number of hydrogen-bond donors (Lipinski definition) is 2. The van der Waals surface area contributed by atoms with E-state index in [1.165, 1.54) is 12.1 Å². The fraction of sp³-hybridized carbons (Fsp3) is 0.235. The molecule has 1 amide bonds. The van der Waals surface area contributed by atoms with Crippen LogP contribution in [0.5, 0.6) is 0 Å². The summed E-state index contributed by atoms with van der Waals surface area (Å²) in [6.07, 6.45) is 0. The quantitative estimate of drug-likeness (QED) is 0.887. The van der Waals surface area contributed by atoms with Crippen LogP contribution in [-0.4, -0.2) is 5.91 Å². The van der Waals surface area contributed by atoms with Crippen LogP contribution in [0.3, 0.4) is 0 Å². The van der Waals surface area contributed by atoms with E-state index in [1.54, 1.807) is 24.3 Å². The average Bonchev–Trinajstić information content (AvgIpc) is 2.46. The maximum atomic E-state index is 12.9. The van der Waals surface area contributed by atoms with E-state index < -0.39 is 5.91 Å². The van der Waals surface area contributed by atoms with Gasteiger partial charge in [0.2, 0.25) is 5.91 Å². The zero-order valence-electron chi connectivity index (χ0n) is 12.2. The molecule has 0 aliphatic heterocycles. The predicted octanol–water partition coefficient (Wildman–Crippen LogP) is 3.08. The Labute approximate surface area is 124 Å². The van der Waals surface area contributed by atoms with Gasteiger partial charge < -0.3 is 11.1 Å². The van der Waals surface area contributed by atoms with Gasteiger partial charge in [0, 0.05) is 18.2 Å². The maximum Gasteiger partial charge on any atom is 0.248 e. The fourth-order valence-corrected chi connectivity index (χ4v) is 2.18. The van der Waals surface area contributed by atoms with E-state index in [2.05, 4.69) is 5.32 Å². The molecule has 1 unspecified atom stereocenters. The van der Waals surface area contributed by atoms with Gasteiger partial charge in [-0.15, -0.1) is 0 Å². The minimum atomic E-state index is -0.419. The van der Waals surface area contributed by atoms with Gasteiger partial charge in [-0.1, -0.05) is 18.2 Å². The molecule has 0 radical (unpaired) electrons. The Hall–Kier alpha value is -2.20. The normalized spacial score (nSPS) is 12.1. The van der Waals surface area contributed by atoms with Crippen LogP contribution in [0, 0.1) is 12.7 Å². The molecule has 1 atom stereocenters. The molecular weight excluding hydrogens is 267 g/mol. The molecule has 0 aromatic heterocycles. The van der Waals surface area contributed by atoms with Crippen LogP contribution in [0.1, 0.15) is 40.0 Å². The molecule has 2 aromatic carbocycles. The highest BCUT2D eigenvalue weighted by atomic mass is 19.1. The van der Waals surface area contributed by atoms with Crippen molar-refractivity contribution in [3.63, 3.8) is 0 Å². The molecule has 0 fully saturated rings. The second kappa shape index (κ2) is 6.50. The van der Waals surface area contributed by atoms with Gasteiger partial charge in [-0.2, -0.15) is 0 Å². The van der Waals surface area contributed by atoms with E-state index in [1.807, 2.05) is 19.9 Å². The standard InChI is InChI=1S/C17H19FN2O/c1-11-9-14(17(19)21)3-4-15(11)10-20-12(2)13-5-7-16(18)8-6-13/h3-9,12,20H,10H2,1-2H3,(H2,19,21). The molecule has 0 heterocycles. The second-order valence-electron chi connectivity index (χ2n) is 5.16. The van der Waals surface area contributed by atoms with Crippen LogP contribution in [-0.2, 0) is 6.54 Å². The zero-order chi connectivity index (χ0) is 15.4. The van der Waals surface area contributed by atoms with Crippen molar-refractivity contribution >= 4 is 5.91 Å². The van der Waals surface area contributed by atoms with Crippen LogP contribution in [0.25, 0.3) is 0 Å². The van der Waals surface area contributed by atoms with E-state index in [-0.39, 0.29) is 11.9 Å². The molecule has 0 saturated carbocycles. The number of aryl methyl sites for hydroxylation is 1. The van der Waals surface area contributed by atoms with E-state index in [4.69, 9.17) is 5.73 Å². The van der Waals surface area contributed by atoms with Gasteiger partial charge in [0.1, 0.15) is 5.82 Å². The Morgan fingerprint density at radius 2 is 1.90 bits per heavy atom. The fourth-order valence-electron chi connectivity index (χ4n) is 2.18. The number of rotatable bonds is 5. The first-order valence-corrected chi connectivity index (χ1v) is 6.85. The first-order valence-electron chi connectivity index (χ1n) is 6.85. The summed E-state index contributed by atoms with van der Waals surface area (Å²) in [6, 6.07) is 12.0. The molecule has 3 N–H and O–H groups in total. The first-order chi connectivity index (χ1) is 9.97. The molecule has 0 spiro atoms. The van der Waals surface area contributed by atoms with E-state index in [0.29, 0.717) is 12.1 Å². The summed E-state index contributed by atoms with van der Waals surface area (Å²) < 4.78 is 12.9. The molecule has 4 heteroatoms. The van der Waals surface area contributed by atoms with E-state index in [9.17, 15) is 9.18 Å². The molecule has 2 aromatic rings. The number of carbonyl (C=O) groups is 1. The average molecular weight is 286 g/mol. The van der Waals surface area contributed by atoms with Crippen molar-refractivity contribution in [3.8, 4) is 0 Å². The monoisotopic (exact) mass is 286 g/mol. The summed E-state index contributed by atoms with van der Waals surface area (Å²) in [6.45, 7) is 4.65. The second-order valence-corrected chi connectivity index (χ2v) is 5.16. The van der Waals surface area contributed by atoms with Gasteiger partial charge >= 0.3 is 0 Å². The third-order valence-electron chi connectivity index (χ3n) is 3.60. The third kappa shape index (κ3) is 3.89. The van der Waals surface area contributed by atoms with Gasteiger partial charge in [0.25, 0.3) is 0 Å². The number of benzene rings is 2. The van der Waals surface area contributed by atoms with Crippen molar-refractivity contribution < 1.29 is 9.18 Å². The maximum absolute atomic E-state index is 12.9. The first kappa shape index (κ1) is 15.2. The van der Waals surface area contributed by atoms with Crippen LogP contribution in [0.4, 0.5) is 4.39 Å². The molecule has 3 nitrogen and oxygen atoms in total. The lowest BCUT2D eigenvalue weighted by Crippen LogP contribution is -2.19. The lowest BCUT2D eigenvalue weighted by atomic mass is 10.0. The van der Waals surface area contributed by atoms with E-state index in [0.717, 1.165) is 16.7 Å². The molecule has 21 heavy (non-hydrogen) atoms. The smallest absolute Gasteiger partial charge is 0.248 e. The third-order valence-corrected chi connectivity index (χ3v) is 3.60. The lowest BCUT2D eigenvalue weighted by molar-refractivity contribution is 0.1000. The SMILES string of the molecule is Cc1cc(C(N)=O)ccc1CNC(C)c1ccc(F)cc1. The number of nitrogens with two attached hydrogens (primary N) is 1. The number of hydrogen-bond acceptors (Lipinski definition) is 2. The Morgan fingerprint density at radius 3 is 2.48 bits per heavy atom. The van der Waals surface area contributed by atoms with Crippen molar-refractivity contribution in [3.05, 3.63) is 70.5 Å². The summed E-state index contributed by atoms with van der Waals surface area (Å²) in [5, 5.41) is 3.39. The summed E-state index contributed by atoms with van der Waals surface area (Å²) in [4.78, 5) is 11.1. The van der Waals surface area contributed by atoms with Crippen LogP contribution >= 0.6 is 0 Å². The van der Waals surface area contributed by atoms with Crippen LogP contribution in [0.15, 0.2) is 42.5 Å². The highest BCUT2D eigenvalue weighted by Crippen LogP contribution is 2.16. The van der Waals surface area contributed by atoms with Gasteiger partial charge in [-0.3, -0.25) is 4.79 Å². The van der Waals surface area contributed by atoms with Crippen molar-refractivity contribution in [2.24, 2.45) is 5.73 Å². The molecule has 0 aliphatic carbocycles. The molecule has 110 valence electrons. The molecule has 0 aliphatic rings. The summed E-state index contributed by atoms with van der Waals surface area (Å²) >= 11 is 0. The number of carbonyl (C=O) groups excluding carboxylic acids is 1. The van der Waals surface area contributed by atoms with Gasteiger partial charge in [-0.25, -0.2) is 4.39 Å². The van der Waals surface area contributed by atoms with Crippen molar-refractivity contribution in [2.45, 2.75) is 26.4 Å². The molecular formula is C17H19FN2O. The Balaban J connectivity index is 2.02. The highest BCUT2D eigenvalue weighted by Gasteiger charge is 2.08. The van der Waals surface area contributed by atoms with Gasteiger partial charge in [-0.05, 0) is 54.8 Å². The Kier molecular flexibility index (Phi) is 4.70. The Morgan fingerprint density at radius 1 is 1.24 bits per heavy atom. The van der Waals surface area contributed by atoms with Crippen LogP contribution in [0.2, 0.25) is 0 Å². The summed E-state index contributed by atoms with van der Waals surface area (Å²) in [7, 11) is 0. The van der Waals surface area contributed by atoms with Crippen LogP contribution < -0.4 is 11.1 Å². The highest BCUT2D eigenvalue weighted by molar-refractivity contribution is 5.93. The predicted molar refractivity (Wildman–Crippen MR) is 81.4 cm³/mol. The Bertz CT molecular complexity index is 638. The van der Waals surface area contributed by atoms with Gasteiger partial charge in [0.15, 0.2) is 0 Å². The molecule has 0 saturated heterocycles. The number of halogens is 1. The van der Waals surface area contributed by atoms with E-state index >= 15 is 0 Å². The number of amides is 1. The van der Waals surface area contributed by atoms with Crippen molar-refractivity contribution in [2.75, 3.05) is 0 Å². The number of primary amides is 1. The molecule has 2 rings (SSSR count). The summed E-state index contributed by atoms with van der Waals surface area (Å²) in [5.74, 6) is -0.652. The largest absolute Gasteiger partial charge is 0.366 e. The van der Waals surface area contributed by atoms with Gasteiger partial charge in [0.05, 0.1) is 0 Å². The van der Waals surface area contributed by atoms with Crippen molar-refractivity contribution in [1.29, 1.82) is 0 Å².